The van der Waals surface area contributed by atoms with E-state index in [9.17, 15) is 9.59 Å². The molecule has 5 aromatic rings. The molecule has 3 aromatic heterocycles. The minimum atomic E-state index is -0.186. The third kappa shape index (κ3) is 6.88. The number of rotatable bonds is 11. The molecule has 52 heavy (non-hydrogen) atoms. The summed E-state index contributed by atoms with van der Waals surface area (Å²) in [5.74, 6) is 1.74. The number of aromatic nitrogens is 6. The monoisotopic (exact) mass is 701 g/mol. The van der Waals surface area contributed by atoms with Gasteiger partial charge in [-0.25, -0.2) is 9.97 Å². The SMILES string of the molecule is CCN(C(=O)[C@@H]1CCN(CC(=O)N2CC=C(c3ccc(-c4ncn(C)n4)cc3)CC2)C1)c1ccc2[nH]nc(-c3ccc(OC4CC4)c(OC)n3)c2c1. The zero-order valence-corrected chi connectivity index (χ0v) is 29.8. The van der Waals surface area contributed by atoms with Gasteiger partial charge in [-0.15, -0.1) is 0 Å². The quantitative estimate of drug-likeness (QED) is 0.203. The molecule has 5 heterocycles. The maximum absolute atomic E-state index is 13.9. The van der Waals surface area contributed by atoms with E-state index >= 15 is 0 Å². The molecule has 1 saturated heterocycles. The van der Waals surface area contributed by atoms with Crippen molar-refractivity contribution in [3.63, 3.8) is 0 Å². The smallest absolute Gasteiger partial charge is 0.257 e. The molecule has 0 spiro atoms. The minimum absolute atomic E-state index is 0.0682. The average molecular weight is 702 g/mol. The zero-order valence-electron chi connectivity index (χ0n) is 29.8. The minimum Gasteiger partial charge on any atom is -0.485 e. The van der Waals surface area contributed by atoms with E-state index in [-0.39, 0.29) is 23.8 Å². The Hall–Kier alpha value is -5.56. The van der Waals surface area contributed by atoms with Gasteiger partial charge in [0.25, 0.3) is 5.88 Å². The first kappa shape index (κ1) is 33.6. The van der Waals surface area contributed by atoms with Crippen molar-refractivity contribution in [2.24, 2.45) is 13.0 Å². The van der Waals surface area contributed by atoms with E-state index in [1.807, 2.05) is 66.2 Å². The van der Waals surface area contributed by atoms with Gasteiger partial charge in [0, 0.05) is 49.9 Å². The molecule has 0 unspecified atom stereocenters. The highest BCUT2D eigenvalue weighted by atomic mass is 16.5. The first-order chi connectivity index (χ1) is 25.4. The normalized spacial score (nSPS) is 17.7. The molecule has 13 nitrogen and oxygen atoms in total. The largest absolute Gasteiger partial charge is 0.485 e. The van der Waals surface area contributed by atoms with Gasteiger partial charge in [0.2, 0.25) is 11.8 Å². The van der Waals surface area contributed by atoms with E-state index in [2.05, 4.69) is 43.4 Å². The van der Waals surface area contributed by atoms with Gasteiger partial charge >= 0.3 is 0 Å². The first-order valence-electron chi connectivity index (χ1n) is 18.0. The van der Waals surface area contributed by atoms with E-state index in [1.54, 1.807) is 18.1 Å². The third-order valence-corrected chi connectivity index (χ3v) is 10.2. The lowest BCUT2D eigenvalue weighted by molar-refractivity contribution is -0.132. The number of likely N-dealkylation sites (tertiary alicyclic amines) is 1. The number of fused-ring (bicyclic) bond motifs is 1. The van der Waals surface area contributed by atoms with Crippen molar-refractivity contribution in [3.8, 4) is 34.4 Å². The van der Waals surface area contributed by atoms with Crippen molar-refractivity contribution in [2.75, 3.05) is 51.3 Å². The number of ether oxygens (including phenoxy) is 2. The van der Waals surface area contributed by atoms with Crippen molar-refractivity contribution in [1.29, 1.82) is 0 Å². The van der Waals surface area contributed by atoms with Crippen LogP contribution in [-0.4, -0.2) is 104 Å². The summed E-state index contributed by atoms with van der Waals surface area (Å²) in [7, 11) is 3.44. The number of amides is 2. The number of hydrogen-bond acceptors (Lipinski definition) is 9. The molecule has 2 amide bonds. The summed E-state index contributed by atoms with van der Waals surface area (Å²) in [6.45, 7) is 5.36. The van der Waals surface area contributed by atoms with Crippen LogP contribution >= 0.6 is 0 Å². The van der Waals surface area contributed by atoms with Gasteiger partial charge < -0.3 is 19.3 Å². The lowest BCUT2D eigenvalue weighted by Crippen LogP contribution is -2.42. The standard InChI is InChI=1S/C39H43N9O4/c1-4-48(29-9-12-32-31(21-29)36(43-42-32)33-13-14-34(38(41-33)51-3)52-30-10-11-30)39(50)28-15-18-46(22-28)23-35(49)47-19-16-26(17-20-47)25-5-7-27(8-6-25)37-40-24-45(2)44-37/h5-9,12-14,16,21,24,28,30H,4,10-11,15,17-20,22-23H2,1-3H3,(H,42,43)/t28-/m1/s1. The number of anilines is 1. The average Bonchev–Trinajstić information content (AvgIpc) is 3.48. The molecular weight excluding hydrogens is 658 g/mol. The Labute approximate surface area is 302 Å². The maximum Gasteiger partial charge on any atom is 0.257 e. The highest BCUT2D eigenvalue weighted by molar-refractivity contribution is 6.00. The molecule has 1 aliphatic carbocycles. The molecule has 1 saturated carbocycles. The summed E-state index contributed by atoms with van der Waals surface area (Å²) in [6.07, 6.45) is 7.68. The summed E-state index contributed by atoms with van der Waals surface area (Å²) >= 11 is 0. The van der Waals surface area contributed by atoms with Crippen LogP contribution in [0.2, 0.25) is 0 Å². The Bertz CT molecular complexity index is 2130. The summed E-state index contributed by atoms with van der Waals surface area (Å²) in [6, 6.07) is 17.9. The van der Waals surface area contributed by atoms with Crippen LogP contribution in [-0.2, 0) is 16.6 Å². The number of pyridine rings is 1. The fraction of sp³-hybridized carbons (Fsp3) is 0.385. The van der Waals surface area contributed by atoms with Crippen molar-refractivity contribution < 1.29 is 19.1 Å². The predicted molar refractivity (Wildman–Crippen MR) is 198 cm³/mol. The maximum atomic E-state index is 13.9. The van der Waals surface area contributed by atoms with Gasteiger partial charge in [0.05, 0.1) is 36.9 Å². The molecule has 1 atom stereocenters. The van der Waals surface area contributed by atoms with Crippen molar-refractivity contribution >= 4 is 34.0 Å². The van der Waals surface area contributed by atoms with E-state index in [1.165, 1.54) is 5.57 Å². The number of hydrogen-bond donors (Lipinski definition) is 1. The molecule has 0 bridgehead atoms. The van der Waals surface area contributed by atoms with Crippen molar-refractivity contribution in [2.45, 2.75) is 38.7 Å². The molecule has 2 fully saturated rings. The highest BCUT2D eigenvalue weighted by Crippen LogP contribution is 2.36. The molecule has 268 valence electrons. The third-order valence-electron chi connectivity index (χ3n) is 10.2. The Kier molecular flexibility index (Phi) is 9.18. The second kappa shape index (κ2) is 14.2. The van der Waals surface area contributed by atoms with Crippen LogP contribution in [0, 0.1) is 5.92 Å². The molecule has 1 N–H and O–H groups in total. The van der Waals surface area contributed by atoms with Crippen LogP contribution in [0.1, 0.15) is 38.2 Å². The van der Waals surface area contributed by atoms with Gasteiger partial charge in [-0.1, -0.05) is 30.3 Å². The fourth-order valence-corrected chi connectivity index (χ4v) is 7.14. The molecule has 8 rings (SSSR count). The van der Waals surface area contributed by atoms with Crippen LogP contribution < -0.4 is 14.4 Å². The second-order valence-electron chi connectivity index (χ2n) is 13.8. The number of aryl methyl sites for hydroxylation is 1. The van der Waals surface area contributed by atoms with Crippen LogP contribution in [0.4, 0.5) is 5.69 Å². The first-order valence-corrected chi connectivity index (χ1v) is 18.0. The molecule has 2 aromatic carbocycles. The van der Waals surface area contributed by atoms with Gasteiger partial charge in [-0.3, -0.25) is 24.3 Å². The van der Waals surface area contributed by atoms with E-state index in [4.69, 9.17) is 14.5 Å². The predicted octanol–water partition coefficient (Wildman–Crippen LogP) is 4.96. The molecule has 2 aliphatic heterocycles. The Morgan fingerprint density at radius 1 is 1.02 bits per heavy atom. The number of carbonyl (C=O) groups excluding carboxylic acids is 2. The van der Waals surface area contributed by atoms with E-state index in [0.29, 0.717) is 68.1 Å². The van der Waals surface area contributed by atoms with Gasteiger partial charge in [-0.2, -0.15) is 10.2 Å². The highest BCUT2D eigenvalue weighted by Gasteiger charge is 2.33. The van der Waals surface area contributed by atoms with Crippen molar-refractivity contribution in [3.05, 3.63) is 72.6 Å². The number of methoxy groups -OCH3 is 1. The molecule has 13 heteroatoms. The molecule has 3 aliphatic rings. The lowest BCUT2D eigenvalue weighted by Gasteiger charge is -2.29. The zero-order chi connectivity index (χ0) is 35.8. The Balaban J connectivity index is 0.886. The van der Waals surface area contributed by atoms with Crippen LogP contribution in [0.5, 0.6) is 11.6 Å². The summed E-state index contributed by atoms with van der Waals surface area (Å²) in [5, 5.41) is 12.9. The van der Waals surface area contributed by atoms with Crippen molar-refractivity contribution in [1.82, 2.24) is 39.7 Å². The summed E-state index contributed by atoms with van der Waals surface area (Å²) in [4.78, 5) is 42.2. The van der Waals surface area contributed by atoms with Crippen LogP contribution in [0.3, 0.4) is 0 Å². The number of nitrogens with one attached hydrogen (secondary N) is 1. The summed E-state index contributed by atoms with van der Waals surface area (Å²) < 4.78 is 13.2. The summed E-state index contributed by atoms with van der Waals surface area (Å²) in [5.41, 5.74) is 6.36. The van der Waals surface area contributed by atoms with Crippen LogP contribution in [0.15, 0.2) is 67.0 Å². The Morgan fingerprint density at radius 2 is 1.85 bits per heavy atom. The Morgan fingerprint density at radius 3 is 2.56 bits per heavy atom. The lowest BCUT2D eigenvalue weighted by atomic mass is 9.98. The number of aromatic amines is 1. The van der Waals surface area contributed by atoms with Gasteiger partial charge in [0.15, 0.2) is 11.6 Å². The fourth-order valence-electron chi connectivity index (χ4n) is 7.14. The van der Waals surface area contributed by atoms with Gasteiger partial charge in [-0.05, 0) is 80.6 Å². The molecule has 0 radical (unpaired) electrons. The number of nitrogens with zero attached hydrogens (tertiary/aromatic N) is 8. The number of benzene rings is 2. The van der Waals surface area contributed by atoms with E-state index in [0.717, 1.165) is 53.4 Å². The molecular formula is C39H43N9O4. The second-order valence-corrected chi connectivity index (χ2v) is 13.8. The van der Waals surface area contributed by atoms with Crippen LogP contribution in [0.25, 0.3) is 39.3 Å². The van der Waals surface area contributed by atoms with E-state index < -0.39 is 0 Å². The topological polar surface area (TPSA) is 135 Å². The number of H-pyrrole nitrogens is 1. The van der Waals surface area contributed by atoms with Gasteiger partial charge in [0.1, 0.15) is 12.0 Å². The number of carbonyl (C=O) groups is 2.